The van der Waals surface area contributed by atoms with Crippen LogP contribution < -0.4 is 0 Å². The lowest BCUT2D eigenvalue weighted by Gasteiger charge is -2.05. The smallest absolute Gasteiger partial charge is 0.0653 e. The predicted molar refractivity (Wildman–Crippen MR) is 64.1 cm³/mol. The topological polar surface area (TPSA) is 41.6 Å². The van der Waals surface area contributed by atoms with Gasteiger partial charge in [-0.15, -0.1) is 0 Å². The standard InChI is InChI=1S/C13H11N3/c1-9-5-13-11(8-15-16-13)6-12(9)10-3-2-4-14-7-10/h2-8H,1H3,(H,15,16). The van der Waals surface area contributed by atoms with Gasteiger partial charge >= 0.3 is 0 Å². The quantitative estimate of drug-likeness (QED) is 0.669. The number of benzene rings is 1. The third kappa shape index (κ3) is 1.37. The molecular formula is C13H11N3. The molecule has 16 heavy (non-hydrogen) atoms. The summed E-state index contributed by atoms with van der Waals surface area (Å²) in [4.78, 5) is 4.15. The van der Waals surface area contributed by atoms with Gasteiger partial charge in [-0.05, 0) is 36.2 Å². The van der Waals surface area contributed by atoms with Gasteiger partial charge in [0.2, 0.25) is 0 Å². The van der Waals surface area contributed by atoms with Crippen molar-refractivity contribution in [3.05, 3.63) is 48.4 Å². The lowest BCUT2D eigenvalue weighted by molar-refractivity contribution is 1.12. The minimum absolute atomic E-state index is 1.07. The van der Waals surface area contributed by atoms with Gasteiger partial charge in [0.25, 0.3) is 0 Å². The molecule has 0 aliphatic rings. The lowest BCUT2D eigenvalue weighted by Crippen LogP contribution is -1.84. The second-order valence-corrected chi connectivity index (χ2v) is 3.87. The SMILES string of the molecule is Cc1cc2[nH]ncc2cc1-c1cccnc1. The molecule has 0 bridgehead atoms. The molecule has 0 saturated carbocycles. The number of rotatable bonds is 1. The van der Waals surface area contributed by atoms with Crippen molar-refractivity contribution in [3.63, 3.8) is 0 Å². The molecule has 0 radical (unpaired) electrons. The molecule has 0 saturated heterocycles. The highest BCUT2D eigenvalue weighted by molar-refractivity contribution is 5.85. The first kappa shape index (κ1) is 9.09. The molecule has 1 aromatic carbocycles. The van der Waals surface area contributed by atoms with E-state index in [0.717, 1.165) is 16.5 Å². The summed E-state index contributed by atoms with van der Waals surface area (Å²) in [7, 11) is 0. The molecule has 3 nitrogen and oxygen atoms in total. The van der Waals surface area contributed by atoms with E-state index < -0.39 is 0 Å². The van der Waals surface area contributed by atoms with E-state index in [1.54, 1.807) is 6.20 Å². The van der Waals surface area contributed by atoms with Crippen LogP contribution in [0.25, 0.3) is 22.0 Å². The van der Waals surface area contributed by atoms with Crippen molar-refractivity contribution < 1.29 is 0 Å². The highest BCUT2D eigenvalue weighted by Crippen LogP contribution is 2.26. The number of pyridine rings is 1. The molecule has 2 aromatic heterocycles. The fraction of sp³-hybridized carbons (Fsp3) is 0.0769. The summed E-state index contributed by atoms with van der Waals surface area (Å²) >= 11 is 0. The Labute approximate surface area is 93.2 Å². The van der Waals surface area contributed by atoms with Crippen molar-refractivity contribution in [1.82, 2.24) is 15.2 Å². The first-order valence-electron chi connectivity index (χ1n) is 5.19. The largest absolute Gasteiger partial charge is 0.278 e. The van der Waals surface area contributed by atoms with Crippen LogP contribution in [0.5, 0.6) is 0 Å². The summed E-state index contributed by atoms with van der Waals surface area (Å²) in [5, 5.41) is 8.14. The summed E-state index contributed by atoms with van der Waals surface area (Å²) in [5.74, 6) is 0. The second kappa shape index (κ2) is 3.45. The summed E-state index contributed by atoms with van der Waals surface area (Å²) in [5.41, 5.74) is 4.65. The number of H-pyrrole nitrogens is 1. The van der Waals surface area contributed by atoms with Crippen molar-refractivity contribution in [1.29, 1.82) is 0 Å². The van der Waals surface area contributed by atoms with E-state index in [1.165, 1.54) is 11.1 Å². The van der Waals surface area contributed by atoms with Crippen LogP contribution in [-0.4, -0.2) is 15.2 Å². The monoisotopic (exact) mass is 209 g/mol. The zero-order valence-electron chi connectivity index (χ0n) is 8.94. The Morgan fingerprint density at radius 1 is 1.19 bits per heavy atom. The number of nitrogens with zero attached hydrogens (tertiary/aromatic N) is 2. The van der Waals surface area contributed by atoms with E-state index in [0.29, 0.717) is 0 Å². The number of hydrogen-bond donors (Lipinski definition) is 1. The Morgan fingerprint density at radius 3 is 2.94 bits per heavy atom. The van der Waals surface area contributed by atoms with Crippen molar-refractivity contribution in [2.75, 3.05) is 0 Å². The molecule has 3 heteroatoms. The van der Waals surface area contributed by atoms with Gasteiger partial charge in [0.1, 0.15) is 0 Å². The number of hydrogen-bond acceptors (Lipinski definition) is 2. The van der Waals surface area contributed by atoms with Crippen LogP contribution in [0.15, 0.2) is 42.9 Å². The highest BCUT2D eigenvalue weighted by Gasteiger charge is 2.04. The molecule has 0 amide bonds. The number of aromatic nitrogens is 3. The number of aryl methyl sites for hydroxylation is 1. The third-order valence-electron chi connectivity index (χ3n) is 2.76. The fourth-order valence-corrected chi connectivity index (χ4v) is 1.93. The maximum absolute atomic E-state index is 4.15. The van der Waals surface area contributed by atoms with E-state index in [2.05, 4.69) is 40.3 Å². The lowest BCUT2D eigenvalue weighted by atomic mass is 10.0. The van der Waals surface area contributed by atoms with Gasteiger partial charge in [0, 0.05) is 23.3 Å². The minimum atomic E-state index is 1.07. The molecule has 3 aromatic rings. The van der Waals surface area contributed by atoms with Crippen LogP contribution in [0.3, 0.4) is 0 Å². The molecule has 3 rings (SSSR count). The maximum Gasteiger partial charge on any atom is 0.0653 e. The van der Waals surface area contributed by atoms with Crippen molar-refractivity contribution in [3.8, 4) is 11.1 Å². The van der Waals surface area contributed by atoms with Crippen molar-refractivity contribution in [2.24, 2.45) is 0 Å². The normalized spacial score (nSPS) is 10.8. The minimum Gasteiger partial charge on any atom is -0.278 e. The molecule has 0 fully saturated rings. The van der Waals surface area contributed by atoms with Crippen LogP contribution in [-0.2, 0) is 0 Å². The maximum atomic E-state index is 4.15. The summed E-state index contributed by atoms with van der Waals surface area (Å²) in [6.45, 7) is 2.10. The Kier molecular flexibility index (Phi) is 1.96. The average Bonchev–Trinajstić information content (AvgIpc) is 2.76. The Hall–Kier alpha value is -2.16. The van der Waals surface area contributed by atoms with Gasteiger partial charge in [0.05, 0.1) is 11.7 Å². The van der Waals surface area contributed by atoms with Gasteiger partial charge in [-0.25, -0.2) is 0 Å². The molecule has 0 aliphatic heterocycles. The van der Waals surface area contributed by atoms with E-state index in [1.807, 2.05) is 18.5 Å². The van der Waals surface area contributed by atoms with Crippen LogP contribution in [0.4, 0.5) is 0 Å². The third-order valence-corrected chi connectivity index (χ3v) is 2.76. The zero-order chi connectivity index (χ0) is 11.0. The van der Waals surface area contributed by atoms with Crippen molar-refractivity contribution in [2.45, 2.75) is 6.92 Å². The van der Waals surface area contributed by atoms with Gasteiger partial charge in [0.15, 0.2) is 0 Å². The van der Waals surface area contributed by atoms with Crippen LogP contribution in [0, 0.1) is 6.92 Å². The van der Waals surface area contributed by atoms with Crippen molar-refractivity contribution >= 4 is 10.9 Å². The molecule has 0 atom stereocenters. The zero-order valence-corrected chi connectivity index (χ0v) is 8.94. The molecule has 78 valence electrons. The average molecular weight is 209 g/mol. The van der Waals surface area contributed by atoms with Crippen LogP contribution >= 0.6 is 0 Å². The van der Waals surface area contributed by atoms with E-state index >= 15 is 0 Å². The first-order chi connectivity index (χ1) is 7.84. The van der Waals surface area contributed by atoms with Crippen LogP contribution in [0.1, 0.15) is 5.56 Å². The number of fused-ring (bicyclic) bond motifs is 1. The highest BCUT2D eigenvalue weighted by atomic mass is 15.1. The fourth-order valence-electron chi connectivity index (χ4n) is 1.93. The van der Waals surface area contributed by atoms with E-state index in [9.17, 15) is 0 Å². The van der Waals surface area contributed by atoms with E-state index in [-0.39, 0.29) is 0 Å². The van der Waals surface area contributed by atoms with Gasteiger partial charge in [-0.2, -0.15) is 5.10 Å². The molecule has 1 N–H and O–H groups in total. The molecule has 0 aliphatic carbocycles. The molecule has 0 spiro atoms. The van der Waals surface area contributed by atoms with Crippen LogP contribution in [0.2, 0.25) is 0 Å². The molecule has 2 heterocycles. The summed E-state index contributed by atoms with van der Waals surface area (Å²) < 4.78 is 0. The summed E-state index contributed by atoms with van der Waals surface area (Å²) in [6, 6.07) is 8.28. The van der Waals surface area contributed by atoms with Gasteiger partial charge in [-0.3, -0.25) is 10.1 Å². The Bertz CT molecular complexity index is 626. The number of aromatic amines is 1. The summed E-state index contributed by atoms with van der Waals surface area (Å²) in [6.07, 6.45) is 5.51. The predicted octanol–water partition coefficient (Wildman–Crippen LogP) is 2.93. The molecular weight excluding hydrogens is 198 g/mol. The van der Waals surface area contributed by atoms with E-state index in [4.69, 9.17) is 0 Å². The number of nitrogens with one attached hydrogen (secondary N) is 1. The van der Waals surface area contributed by atoms with Gasteiger partial charge in [-0.1, -0.05) is 6.07 Å². The van der Waals surface area contributed by atoms with Gasteiger partial charge < -0.3 is 0 Å². The first-order valence-corrected chi connectivity index (χ1v) is 5.19. The molecule has 0 unspecified atom stereocenters. The Morgan fingerprint density at radius 2 is 2.12 bits per heavy atom. The Balaban J connectivity index is 2.27. The second-order valence-electron chi connectivity index (χ2n) is 3.87.